The molecule has 0 radical (unpaired) electrons. The van der Waals surface area contributed by atoms with Crippen molar-refractivity contribution in [3.8, 4) is 39.6 Å². The zero-order valence-electron chi connectivity index (χ0n) is 21.4. The van der Waals surface area contributed by atoms with Crippen LogP contribution in [0.2, 0.25) is 0 Å². The van der Waals surface area contributed by atoms with E-state index in [2.05, 4.69) is 101 Å². The highest BCUT2D eigenvalue weighted by molar-refractivity contribution is 5.93. The van der Waals surface area contributed by atoms with Gasteiger partial charge in [-0.3, -0.25) is 4.57 Å². The maximum atomic E-state index is 6.68. The van der Waals surface area contributed by atoms with Crippen LogP contribution >= 0.6 is 0 Å². The molecule has 0 amide bonds. The number of hydrogen-bond donors (Lipinski definition) is 2. The van der Waals surface area contributed by atoms with E-state index in [0.29, 0.717) is 0 Å². The highest BCUT2D eigenvalue weighted by atomic mass is 15.2. The lowest BCUT2D eigenvalue weighted by Gasteiger charge is -2.38. The normalized spacial score (nSPS) is 14.9. The first kappa shape index (κ1) is 22.3. The second-order valence-electron chi connectivity index (χ2n) is 10.7. The van der Waals surface area contributed by atoms with E-state index in [4.69, 9.17) is 15.7 Å². The van der Waals surface area contributed by atoms with Crippen LogP contribution in [0, 0.1) is 0 Å². The number of rotatable bonds is 3. The minimum absolute atomic E-state index is 0.201. The van der Waals surface area contributed by atoms with Crippen LogP contribution in [-0.4, -0.2) is 14.5 Å². The number of pyridine rings is 1. The summed E-state index contributed by atoms with van der Waals surface area (Å²) in [5.41, 5.74) is 14.8. The number of anilines is 2. The van der Waals surface area contributed by atoms with Crippen LogP contribution in [0.4, 0.5) is 11.5 Å². The maximum absolute atomic E-state index is 6.68. The van der Waals surface area contributed by atoms with Crippen LogP contribution in [0.3, 0.4) is 0 Å². The summed E-state index contributed by atoms with van der Waals surface area (Å²) in [4.78, 5) is 10.1. The summed E-state index contributed by atoms with van der Waals surface area (Å²) in [6, 6.07) is 36.3. The summed E-state index contributed by atoms with van der Waals surface area (Å²) in [7, 11) is 0. The Labute approximate surface area is 227 Å². The van der Waals surface area contributed by atoms with Crippen molar-refractivity contribution in [1.82, 2.24) is 14.5 Å². The van der Waals surface area contributed by atoms with Gasteiger partial charge in [-0.1, -0.05) is 72.8 Å². The van der Waals surface area contributed by atoms with Crippen LogP contribution in [0.15, 0.2) is 109 Å². The largest absolute Gasteiger partial charge is 0.338 e. The average molecular weight is 506 g/mol. The van der Waals surface area contributed by atoms with Gasteiger partial charge in [0.2, 0.25) is 0 Å². The summed E-state index contributed by atoms with van der Waals surface area (Å²) in [6.07, 6.45) is 5.10. The summed E-state index contributed by atoms with van der Waals surface area (Å²) in [5, 5.41) is 5.96. The van der Waals surface area contributed by atoms with Crippen LogP contribution in [0.25, 0.3) is 50.4 Å². The molecule has 0 bridgehead atoms. The molecule has 0 spiro atoms. The van der Waals surface area contributed by atoms with Crippen molar-refractivity contribution in [2.75, 3.05) is 5.32 Å². The molecule has 1 fully saturated rings. The first-order valence-corrected chi connectivity index (χ1v) is 13.5. The van der Waals surface area contributed by atoms with Crippen molar-refractivity contribution in [2.24, 2.45) is 5.73 Å². The van der Waals surface area contributed by atoms with E-state index in [1.54, 1.807) is 0 Å². The number of imidazole rings is 1. The zero-order valence-corrected chi connectivity index (χ0v) is 21.4. The molecule has 1 aliphatic carbocycles. The number of benzene rings is 4. The summed E-state index contributed by atoms with van der Waals surface area (Å²) in [5.74, 6) is 1.70. The molecule has 3 N–H and O–H groups in total. The van der Waals surface area contributed by atoms with E-state index in [-0.39, 0.29) is 5.54 Å². The van der Waals surface area contributed by atoms with Crippen molar-refractivity contribution in [3.05, 3.63) is 115 Å². The number of nitrogens with zero attached hydrogens (tertiary/aromatic N) is 3. The third kappa shape index (κ3) is 3.44. The number of aromatic nitrogens is 3. The number of fused-ring (bicyclic) bond motifs is 6. The minimum atomic E-state index is -0.201. The lowest BCUT2D eigenvalue weighted by molar-refractivity contribution is 0.253. The molecule has 4 aromatic carbocycles. The number of hydrogen-bond acceptors (Lipinski definition) is 4. The highest BCUT2D eigenvalue weighted by Gasteiger charge is 2.34. The molecule has 0 saturated heterocycles. The fraction of sp³-hybridized carbons (Fsp3) is 0.118. The van der Waals surface area contributed by atoms with Gasteiger partial charge in [-0.25, -0.2) is 9.97 Å². The summed E-state index contributed by atoms with van der Waals surface area (Å²) >= 11 is 0. The third-order valence-corrected chi connectivity index (χ3v) is 8.33. The lowest BCUT2D eigenvalue weighted by atomic mass is 9.72. The number of nitrogens with one attached hydrogen (secondary N) is 1. The predicted octanol–water partition coefficient (Wildman–Crippen LogP) is 7.82. The molecule has 5 heteroatoms. The molecule has 8 rings (SSSR count). The smallest absolute Gasteiger partial charge is 0.154 e. The minimum Gasteiger partial charge on any atom is -0.338 e. The second-order valence-corrected chi connectivity index (χ2v) is 10.7. The van der Waals surface area contributed by atoms with Crippen LogP contribution in [0.5, 0.6) is 0 Å². The molecular weight excluding hydrogens is 478 g/mol. The van der Waals surface area contributed by atoms with Gasteiger partial charge in [0.25, 0.3) is 0 Å². The predicted molar refractivity (Wildman–Crippen MR) is 158 cm³/mol. The van der Waals surface area contributed by atoms with Crippen LogP contribution in [-0.2, 0) is 5.54 Å². The number of para-hydroxylation sites is 1. The van der Waals surface area contributed by atoms with Crippen LogP contribution in [0.1, 0.15) is 24.8 Å². The Hall–Kier alpha value is -4.74. The van der Waals surface area contributed by atoms with Gasteiger partial charge in [0.1, 0.15) is 5.82 Å². The van der Waals surface area contributed by atoms with Gasteiger partial charge >= 0.3 is 0 Å². The first-order valence-electron chi connectivity index (χ1n) is 13.5. The molecule has 5 nitrogen and oxygen atoms in total. The molecule has 39 heavy (non-hydrogen) atoms. The molecule has 188 valence electrons. The van der Waals surface area contributed by atoms with Gasteiger partial charge in [0.15, 0.2) is 5.82 Å². The number of nitrogens with two attached hydrogens (primary N) is 1. The quantitative estimate of drug-likeness (QED) is 0.257. The van der Waals surface area contributed by atoms with Crippen molar-refractivity contribution >= 4 is 22.3 Å². The molecule has 3 heterocycles. The monoisotopic (exact) mass is 505 g/mol. The molecule has 1 saturated carbocycles. The van der Waals surface area contributed by atoms with Gasteiger partial charge in [0.05, 0.1) is 22.8 Å². The van der Waals surface area contributed by atoms with E-state index in [9.17, 15) is 0 Å². The zero-order chi connectivity index (χ0) is 26.0. The highest BCUT2D eigenvalue weighted by Crippen LogP contribution is 2.45. The topological polar surface area (TPSA) is 68.8 Å². The van der Waals surface area contributed by atoms with Gasteiger partial charge in [-0.05, 0) is 65.9 Å². The van der Waals surface area contributed by atoms with Crippen molar-refractivity contribution in [3.63, 3.8) is 0 Å². The first-order chi connectivity index (χ1) is 19.2. The summed E-state index contributed by atoms with van der Waals surface area (Å²) in [6.45, 7) is 0. The molecule has 0 atom stereocenters. The van der Waals surface area contributed by atoms with Crippen LogP contribution < -0.4 is 11.1 Å². The van der Waals surface area contributed by atoms with E-state index >= 15 is 0 Å². The van der Waals surface area contributed by atoms with E-state index in [0.717, 1.165) is 63.9 Å². The molecule has 1 aliphatic heterocycles. The van der Waals surface area contributed by atoms with Gasteiger partial charge in [-0.15, -0.1) is 0 Å². The Balaban J connectivity index is 1.43. The SMILES string of the molecule is NC1(c2ccc(-c3c(-c4ccc5ccccc5c4)nc4n3-c3cccnc3Nc3ccccc3-4)cc2)CCC1. The van der Waals surface area contributed by atoms with Crippen molar-refractivity contribution in [1.29, 1.82) is 0 Å². The van der Waals surface area contributed by atoms with Gasteiger partial charge in [0, 0.05) is 28.4 Å². The van der Waals surface area contributed by atoms with E-state index in [1.165, 1.54) is 22.8 Å². The van der Waals surface area contributed by atoms with E-state index in [1.807, 2.05) is 18.3 Å². The fourth-order valence-electron chi connectivity index (χ4n) is 6.03. The second kappa shape index (κ2) is 8.38. The van der Waals surface area contributed by atoms with Gasteiger partial charge in [-0.2, -0.15) is 0 Å². The van der Waals surface area contributed by atoms with E-state index < -0.39 is 0 Å². The third-order valence-electron chi connectivity index (χ3n) is 8.33. The maximum Gasteiger partial charge on any atom is 0.154 e. The standard InChI is InChI=1S/C34H27N5/c35-34(18-6-19-34)26-16-14-23(15-17-26)31-30(25-13-12-22-7-1-2-8-24(22)21-25)38-33-27-9-3-4-10-28(27)37-32-29(39(31)33)11-5-20-36-32/h1-5,7-17,20-21H,6,18-19,35H2,(H,36,37). The molecule has 6 aromatic rings. The Kier molecular flexibility index (Phi) is 4.78. The Bertz CT molecular complexity index is 1880. The molecule has 2 aromatic heterocycles. The fourth-order valence-corrected chi connectivity index (χ4v) is 6.03. The van der Waals surface area contributed by atoms with Gasteiger partial charge < -0.3 is 11.1 Å². The van der Waals surface area contributed by atoms with Crippen molar-refractivity contribution < 1.29 is 0 Å². The molecule has 2 aliphatic rings. The Morgan fingerprint density at radius 3 is 2.36 bits per heavy atom. The summed E-state index contributed by atoms with van der Waals surface area (Å²) < 4.78 is 2.27. The Morgan fingerprint density at radius 2 is 1.54 bits per heavy atom. The molecule has 0 unspecified atom stereocenters. The average Bonchev–Trinajstić information content (AvgIpc) is 3.30. The lowest BCUT2D eigenvalue weighted by Crippen LogP contribution is -2.43. The van der Waals surface area contributed by atoms with Crippen molar-refractivity contribution in [2.45, 2.75) is 24.8 Å². The molecular formula is C34H27N5. The Morgan fingerprint density at radius 1 is 0.769 bits per heavy atom.